The number of fused-ring (bicyclic) bond motifs is 1. The zero-order valence-corrected chi connectivity index (χ0v) is 16.6. The largest absolute Gasteiger partial charge is 0.491 e. The Balaban J connectivity index is 1.84. The van der Waals surface area contributed by atoms with E-state index in [1.54, 1.807) is 6.07 Å². The molecule has 1 amide bonds. The number of carbonyl (C=O) groups is 1. The van der Waals surface area contributed by atoms with Gasteiger partial charge in [0.25, 0.3) is 0 Å². The van der Waals surface area contributed by atoms with Gasteiger partial charge in [-0.25, -0.2) is 9.78 Å². The van der Waals surface area contributed by atoms with Gasteiger partial charge in [-0.05, 0) is 51.3 Å². The Hall–Kier alpha value is -2.67. The minimum Gasteiger partial charge on any atom is -0.491 e. The molecular formula is C20H22N2O4S. The maximum atomic E-state index is 12.3. The highest BCUT2D eigenvalue weighted by Gasteiger charge is 2.14. The Morgan fingerprint density at radius 1 is 1.30 bits per heavy atom. The molecule has 3 rings (SSSR count). The van der Waals surface area contributed by atoms with E-state index in [1.807, 2.05) is 39.1 Å². The molecule has 2 heterocycles. The summed E-state index contributed by atoms with van der Waals surface area (Å²) in [4.78, 5) is 28.1. The van der Waals surface area contributed by atoms with Crippen LogP contribution >= 0.6 is 11.3 Å². The van der Waals surface area contributed by atoms with Gasteiger partial charge in [-0.15, -0.1) is 11.3 Å². The molecule has 7 heteroatoms. The number of hydrogen-bond acceptors (Lipinski definition) is 6. The van der Waals surface area contributed by atoms with Crippen molar-refractivity contribution < 1.29 is 13.9 Å². The number of nitrogens with zero attached hydrogens (tertiary/aromatic N) is 1. The van der Waals surface area contributed by atoms with Crippen LogP contribution in [-0.2, 0) is 11.2 Å². The van der Waals surface area contributed by atoms with Crippen molar-refractivity contribution in [2.45, 2.75) is 46.6 Å². The quantitative estimate of drug-likeness (QED) is 0.641. The Labute approximate surface area is 161 Å². The van der Waals surface area contributed by atoms with E-state index in [0.717, 1.165) is 22.2 Å². The summed E-state index contributed by atoms with van der Waals surface area (Å²) in [5.74, 6) is 0.528. The van der Waals surface area contributed by atoms with Crippen LogP contribution in [0.3, 0.4) is 0 Å². The molecule has 2 aromatic heterocycles. The number of ether oxygens (including phenoxy) is 1. The van der Waals surface area contributed by atoms with Crippen molar-refractivity contribution in [2.24, 2.45) is 0 Å². The van der Waals surface area contributed by atoms with Crippen LogP contribution in [0.25, 0.3) is 11.0 Å². The fourth-order valence-electron chi connectivity index (χ4n) is 2.79. The average molecular weight is 386 g/mol. The van der Waals surface area contributed by atoms with Gasteiger partial charge in [0.15, 0.2) is 5.13 Å². The minimum atomic E-state index is -0.388. The Morgan fingerprint density at radius 2 is 2.07 bits per heavy atom. The number of thiazole rings is 1. The summed E-state index contributed by atoms with van der Waals surface area (Å²) in [6.07, 6.45) is 0.770. The predicted octanol–water partition coefficient (Wildman–Crippen LogP) is 4.22. The van der Waals surface area contributed by atoms with E-state index in [9.17, 15) is 9.59 Å². The van der Waals surface area contributed by atoms with Crippen LogP contribution in [0.4, 0.5) is 5.13 Å². The van der Waals surface area contributed by atoms with Gasteiger partial charge < -0.3 is 14.5 Å². The van der Waals surface area contributed by atoms with Crippen molar-refractivity contribution in [1.82, 2.24) is 4.98 Å². The zero-order chi connectivity index (χ0) is 19.6. The number of hydrogen-bond donors (Lipinski definition) is 1. The summed E-state index contributed by atoms with van der Waals surface area (Å²) < 4.78 is 11.2. The molecule has 142 valence electrons. The topological polar surface area (TPSA) is 81.4 Å². The third-order valence-corrected chi connectivity index (χ3v) is 4.86. The van der Waals surface area contributed by atoms with Gasteiger partial charge in [-0.3, -0.25) is 4.79 Å². The summed E-state index contributed by atoms with van der Waals surface area (Å²) in [7, 11) is 0. The average Bonchev–Trinajstić information content (AvgIpc) is 2.97. The number of aryl methyl sites for hydroxylation is 3. The molecule has 0 unspecified atom stereocenters. The third-order valence-electron chi connectivity index (χ3n) is 3.98. The number of nitrogens with one attached hydrogen (secondary N) is 1. The van der Waals surface area contributed by atoms with Gasteiger partial charge >= 0.3 is 5.63 Å². The van der Waals surface area contributed by atoms with E-state index in [2.05, 4.69) is 10.3 Å². The molecule has 0 saturated heterocycles. The van der Waals surface area contributed by atoms with E-state index in [1.165, 1.54) is 17.4 Å². The molecule has 0 fully saturated rings. The molecule has 0 aliphatic heterocycles. The van der Waals surface area contributed by atoms with Crippen molar-refractivity contribution in [1.29, 1.82) is 0 Å². The van der Waals surface area contributed by atoms with Gasteiger partial charge in [0.05, 0.1) is 11.8 Å². The zero-order valence-electron chi connectivity index (χ0n) is 15.8. The summed E-state index contributed by atoms with van der Waals surface area (Å²) >= 11 is 1.41. The minimum absolute atomic E-state index is 0.0372. The number of carbonyl (C=O) groups excluding carboxylic acids is 1. The lowest BCUT2D eigenvalue weighted by atomic mass is 10.0. The molecule has 6 nitrogen and oxygen atoms in total. The van der Waals surface area contributed by atoms with Crippen LogP contribution in [0.2, 0.25) is 0 Å². The molecule has 0 radical (unpaired) electrons. The van der Waals surface area contributed by atoms with Crippen LogP contribution in [0.15, 0.2) is 32.8 Å². The van der Waals surface area contributed by atoms with E-state index >= 15 is 0 Å². The molecule has 0 atom stereocenters. The van der Waals surface area contributed by atoms with Crippen molar-refractivity contribution in [2.75, 3.05) is 5.32 Å². The van der Waals surface area contributed by atoms with Crippen LogP contribution in [0.5, 0.6) is 5.75 Å². The lowest BCUT2D eigenvalue weighted by molar-refractivity contribution is -0.116. The normalized spacial score (nSPS) is 11.1. The van der Waals surface area contributed by atoms with E-state index in [-0.39, 0.29) is 17.6 Å². The summed E-state index contributed by atoms with van der Waals surface area (Å²) in [5, 5.41) is 6.16. The van der Waals surface area contributed by atoms with Crippen molar-refractivity contribution in [3.63, 3.8) is 0 Å². The SMILES string of the molecule is Cc1csc(NC(=O)CCc2cc3c(C)cc(=O)oc3cc2OC(C)C)n1. The fraction of sp³-hybridized carbons (Fsp3) is 0.350. The summed E-state index contributed by atoms with van der Waals surface area (Å²) in [6, 6.07) is 5.14. The maximum absolute atomic E-state index is 12.3. The summed E-state index contributed by atoms with van der Waals surface area (Å²) in [6.45, 7) is 7.61. The number of aromatic nitrogens is 1. The Bertz CT molecular complexity index is 1040. The molecule has 0 aliphatic rings. The van der Waals surface area contributed by atoms with Crippen molar-refractivity contribution in [3.05, 3.63) is 50.8 Å². The van der Waals surface area contributed by atoms with Crippen molar-refractivity contribution in [3.8, 4) is 5.75 Å². The van der Waals surface area contributed by atoms with Gasteiger partial charge in [0.2, 0.25) is 5.91 Å². The number of anilines is 1. The third kappa shape index (κ3) is 4.74. The fourth-order valence-corrected chi connectivity index (χ4v) is 3.50. The highest BCUT2D eigenvalue weighted by Crippen LogP contribution is 2.29. The first kappa shape index (κ1) is 19.1. The second-order valence-electron chi connectivity index (χ2n) is 6.71. The molecule has 0 saturated carbocycles. The monoisotopic (exact) mass is 386 g/mol. The number of rotatable bonds is 6. The molecule has 1 aromatic carbocycles. The predicted molar refractivity (Wildman–Crippen MR) is 107 cm³/mol. The second kappa shape index (κ2) is 7.92. The van der Waals surface area contributed by atoms with Gasteiger partial charge in [0.1, 0.15) is 11.3 Å². The second-order valence-corrected chi connectivity index (χ2v) is 7.57. The highest BCUT2D eigenvalue weighted by molar-refractivity contribution is 7.13. The van der Waals surface area contributed by atoms with Gasteiger partial charge in [-0.2, -0.15) is 0 Å². The van der Waals surface area contributed by atoms with Crippen LogP contribution in [0.1, 0.15) is 37.1 Å². The lowest BCUT2D eigenvalue weighted by Gasteiger charge is -2.15. The smallest absolute Gasteiger partial charge is 0.336 e. The number of amides is 1. The van der Waals surface area contributed by atoms with Crippen LogP contribution < -0.4 is 15.7 Å². The molecule has 0 bridgehead atoms. The Morgan fingerprint density at radius 3 is 2.74 bits per heavy atom. The van der Waals surface area contributed by atoms with E-state index in [0.29, 0.717) is 29.3 Å². The molecule has 3 aromatic rings. The first-order valence-electron chi connectivity index (χ1n) is 8.78. The lowest BCUT2D eigenvalue weighted by Crippen LogP contribution is -2.13. The van der Waals surface area contributed by atoms with E-state index < -0.39 is 0 Å². The molecular weight excluding hydrogens is 364 g/mol. The molecule has 1 N–H and O–H groups in total. The first-order chi connectivity index (χ1) is 12.8. The van der Waals surface area contributed by atoms with E-state index in [4.69, 9.17) is 9.15 Å². The summed E-state index contributed by atoms with van der Waals surface area (Å²) in [5.41, 5.74) is 2.72. The maximum Gasteiger partial charge on any atom is 0.336 e. The first-order valence-corrected chi connectivity index (χ1v) is 9.66. The molecule has 0 aliphatic carbocycles. The van der Waals surface area contributed by atoms with Crippen LogP contribution in [-0.4, -0.2) is 17.0 Å². The van der Waals surface area contributed by atoms with Gasteiger partial charge in [0, 0.05) is 29.3 Å². The number of benzene rings is 1. The molecule has 27 heavy (non-hydrogen) atoms. The Kier molecular flexibility index (Phi) is 5.60. The van der Waals surface area contributed by atoms with Crippen molar-refractivity contribution >= 4 is 33.3 Å². The van der Waals surface area contributed by atoms with Gasteiger partial charge in [-0.1, -0.05) is 0 Å². The molecule has 0 spiro atoms. The highest BCUT2D eigenvalue weighted by atomic mass is 32.1. The standard InChI is InChI=1S/C20H22N2O4S/c1-11(2)25-16-9-17-15(12(3)7-19(24)26-17)8-14(16)5-6-18(23)22-20-21-13(4)10-27-20/h7-11H,5-6H2,1-4H3,(H,21,22,23). The van der Waals surface area contributed by atoms with Crippen LogP contribution in [0, 0.1) is 13.8 Å².